The van der Waals surface area contributed by atoms with Crippen LogP contribution < -0.4 is 10.5 Å². The number of nitrogens with zero attached hydrogens (tertiary/aromatic N) is 4. The van der Waals surface area contributed by atoms with Gasteiger partial charge in [-0.25, -0.2) is 9.97 Å². The molecule has 1 fully saturated rings. The van der Waals surface area contributed by atoms with Gasteiger partial charge in [-0.1, -0.05) is 12.1 Å². The maximum atomic E-state index is 11.4. The Kier molecular flexibility index (Phi) is 3.97. The smallest absolute Gasteiger partial charge is 0.248 e. The molecule has 0 spiro atoms. The summed E-state index contributed by atoms with van der Waals surface area (Å²) in [6, 6.07) is 10.9. The summed E-state index contributed by atoms with van der Waals surface area (Å²) in [5, 5.41) is 0. The predicted octanol–water partition coefficient (Wildman–Crippen LogP) is 3.45. The number of benzene rings is 1. The van der Waals surface area contributed by atoms with Crippen molar-refractivity contribution in [3.05, 3.63) is 53.3 Å². The number of aryl methyl sites for hydroxylation is 2. The third-order valence-electron chi connectivity index (χ3n) is 5.31. The number of primary amides is 1. The van der Waals surface area contributed by atoms with Crippen LogP contribution in [-0.2, 0) is 0 Å². The minimum Gasteiger partial charge on any atom is -0.477 e. The van der Waals surface area contributed by atoms with Crippen LogP contribution >= 0.6 is 0 Å². The highest BCUT2D eigenvalue weighted by atomic mass is 16.5. The fraction of sp³-hybridized carbons (Fsp3) is 0.273. The molecule has 1 aliphatic rings. The van der Waals surface area contributed by atoms with E-state index in [4.69, 9.17) is 25.4 Å². The van der Waals surface area contributed by atoms with Crippen molar-refractivity contribution in [3.8, 4) is 17.3 Å². The molecule has 0 radical (unpaired) electrons. The van der Waals surface area contributed by atoms with Crippen LogP contribution in [0.5, 0.6) is 5.88 Å². The normalized spacial score (nSPS) is 13.9. The van der Waals surface area contributed by atoms with Crippen molar-refractivity contribution < 1.29 is 9.53 Å². The van der Waals surface area contributed by atoms with Gasteiger partial charge in [0, 0.05) is 17.2 Å². The number of carbonyl (C=O) groups excluding carboxylic acids is 1. The third kappa shape index (κ3) is 3.08. The second-order valence-corrected chi connectivity index (χ2v) is 7.59. The Bertz CT molecular complexity index is 1260. The Morgan fingerprint density at radius 1 is 1.07 bits per heavy atom. The van der Waals surface area contributed by atoms with Crippen LogP contribution in [-0.4, -0.2) is 31.9 Å². The first-order chi connectivity index (χ1) is 14.0. The van der Waals surface area contributed by atoms with Crippen molar-refractivity contribution in [2.45, 2.75) is 26.7 Å². The Balaban J connectivity index is 1.71. The number of nitrogens with two attached hydrogens (primary N) is 1. The molecule has 7 heteroatoms. The van der Waals surface area contributed by atoms with Gasteiger partial charge in [-0.15, -0.1) is 0 Å². The van der Waals surface area contributed by atoms with Gasteiger partial charge >= 0.3 is 0 Å². The second-order valence-electron chi connectivity index (χ2n) is 7.59. The van der Waals surface area contributed by atoms with Crippen LogP contribution in [0.25, 0.3) is 28.1 Å². The zero-order chi connectivity index (χ0) is 20.1. The molecule has 0 bridgehead atoms. The van der Waals surface area contributed by atoms with Gasteiger partial charge in [-0.3, -0.25) is 9.20 Å². The largest absolute Gasteiger partial charge is 0.477 e. The summed E-state index contributed by atoms with van der Waals surface area (Å²) < 4.78 is 7.91. The first-order valence-electron chi connectivity index (χ1n) is 9.70. The third-order valence-corrected chi connectivity index (χ3v) is 5.31. The minimum absolute atomic E-state index is 0.453. The van der Waals surface area contributed by atoms with Gasteiger partial charge in [0.1, 0.15) is 11.3 Å². The molecule has 0 saturated heterocycles. The molecule has 7 nitrogen and oxygen atoms in total. The number of carbonyl (C=O) groups is 1. The number of aromatic nitrogens is 4. The number of pyridine rings is 1. The quantitative estimate of drug-likeness (QED) is 0.566. The van der Waals surface area contributed by atoms with Crippen molar-refractivity contribution in [1.82, 2.24) is 19.4 Å². The Morgan fingerprint density at radius 3 is 2.48 bits per heavy atom. The maximum absolute atomic E-state index is 11.4. The minimum atomic E-state index is -0.453. The van der Waals surface area contributed by atoms with Crippen LogP contribution in [0, 0.1) is 19.8 Å². The Morgan fingerprint density at radius 2 is 1.79 bits per heavy atom. The van der Waals surface area contributed by atoms with Crippen LogP contribution in [0.4, 0.5) is 0 Å². The molecule has 146 valence electrons. The molecule has 1 saturated carbocycles. The zero-order valence-electron chi connectivity index (χ0n) is 16.3. The topological polar surface area (TPSA) is 95.4 Å². The number of fused-ring (bicyclic) bond motifs is 3. The van der Waals surface area contributed by atoms with Gasteiger partial charge in [-0.05, 0) is 50.8 Å². The van der Waals surface area contributed by atoms with Gasteiger partial charge < -0.3 is 10.5 Å². The van der Waals surface area contributed by atoms with E-state index in [2.05, 4.69) is 0 Å². The fourth-order valence-corrected chi connectivity index (χ4v) is 3.61. The molecular weight excluding hydrogens is 366 g/mol. The van der Waals surface area contributed by atoms with E-state index in [9.17, 15) is 4.79 Å². The number of hydrogen-bond acceptors (Lipinski definition) is 5. The lowest BCUT2D eigenvalue weighted by Gasteiger charge is -2.10. The molecular formula is C22H21N5O2. The molecule has 29 heavy (non-hydrogen) atoms. The summed E-state index contributed by atoms with van der Waals surface area (Å²) in [6.45, 7) is 4.64. The molecule has 1 aliphatic carbocycles. The molecule has 0 aliphatic heterocycles. The summed E-state index contributed by atoms with van der Waals surface area (Å²) >= 11 is 0. The van der Waals surface area contributed by atoms with E-state index < -0.39 is 5.91 Å². The lowest BCUT2D eigenvalue weighted by Crippen LogP contribution is -2.10. The van der Waals surface area contributed by atoms with E-state index in [-0.39, 0.29) is 0 Å². The summed E-state index contributed by atoms with van der Waals surface area (Å²) in [7, 11) is 0. The predicted molar refractivity (Wildman–Crippen MR) is 110 cm³/mol. The molecule has 1 aromatic carbocycles. The highest BCUT2D eigenvalue weighted by Crippen LogP contribution is 2.31. The maximum Gasteiger partial charge on any atom is 0.248 e. The molecule has 0 unspecified atom stereocenters. The fourth-order valence-electron chi connectivity index (χ4n) is 3.61. The van der Waals surface area contributed by atoms with Gasteiger partial charge in [0.2, 0.25) is 11.8 Å². The van der Waals surface area contributed by atoms with Crippen LogP contribution in [0.3, 0.4) is 0 Å². The number of ether oxygens (including phenoxy) is 1. The van der Waals surface area contributed by atoms with Gasteiger partial charge in [0.15, 0.2) is 5.65 Å². The summed E-state index contributed by atoms with van der Waals surface area (Å²) in [5.74, 6) is 1.54. The zero-order valence-corrected chi connectivity index (χ0v) is 16.3. The Labute approximate surface area is 167 Å². The van der Waals surface area contributed by atoms with Crippen molar-refractivity contribution in [1.29, 1.82) is 0 Å². The van der Waals surface area contributed by atoms with Gasteiger partial charge in [0.25, 0.3) is 0 Å². The van der Waals surface area contributed by atoms with E-state index in [0.717, 1.165) is 33.8 Å². The van der Waals surface area contributed by atoms with E-state index in [1.165, 1.54) is 12.8 Å². The molecule has 5 rings (SSSR count). The summed E-state index contributed by atoms with van der Waals surface area (Å²) in [4.78, 5) is 25.7. The average Bonchev–Trinajstić information content (AvgIpc) is 3.48. The van der Waals surface area contributed by atoms with E-state index in [1.54, 1.807) is 12.1 Å². The van der Waals surface area contributed by atoms with Gasteiger partial charge in [-0.2, -0.15) is 4.98 Å². The molecule has 3 aromatic heterocycles. The van der Waals surface area contributed by atoms with E-state index in [0.29, 0.717) is 29.6 Å². The standard InChI is InChI=1S/C22H21N5O2/c1-12-19-13(2)25-21(16-7-5-15(6-8-16)20(23)28)27(19)22-17(24-12)9-10-18(26-22)29-11-14-3-4-14/h5-10,14H,3-4,11H2,1-2H3,(H2,23,28). The highest BCUT2D eigenvalue weighted by Gasteiger charge is 2.22. The molecule has 3 heterocycles. The summed E-state index contributed by atoms with van der Waals surface area (Å²) in [6.07, 6.45) is 2.45. The highest BCUT2D eigenvalue weighted by molar-refractivity contribution is 5.93. The van der Waals surface area contributed by atoms with Crippen LogP contribution in [0.1, 0.15) is 34.6 Å². The first kappa shape index (κ1) is 17.6. The number of rotatable bonds is 5. The lowest BCUT2D eigenvalue weighted by molar-refractivity contribution is 0.100. The van der Waals surface area contributed by atoms with E-state index in [1.807, 2.05) is 42.5 Å². The lowest BCUT2D eigenvalue weighted by atomic mass is 10.1. The number of amides is 1. The molecule has 1 amide bonds. The second kappa shape index (κ2) is 6.55. The SMILES string of the molecule is Cc1nc(-c2ccc(C(N)=O)cc2)n2c1c(C)nc1ccc(OCC3CC3)nc12. The molecule has 0 atom stereocenters. The number of hydrogen-bond donors (Lipinski definition) is 1. The van der Waals surface area contributed by atoms with Crippen molar-refractivity contribution >= 4 is 22.6 Å². The first-order valence-corrected chi connectivity index (χ1v) is 9.70. The summed E-state index contributed by atoms with van der Waals surface area (Å²) in [5.41, 5.74) is 10.9. The van der Waals surface area contributed by atoms with Crippen molar-refractivity contribution in [2.24, 2.45) is 11.7 Å². The van der Waals surface area contributed by atoms with Crippen molar-refractivity contribution in [2.75, 3.05) is 6.61 Å². The van der Waals surface area contributed by atoms with Gasteiger partial charge in [0.05, 0.1) is 23.5 Å². The Hall–Kier alpha value is -3.48. The van der Waals surface area contributed by atoms with E-state index >= 15 is 0 Å². The van der Waals surface area contributed by atoms with Crippen molar-refractivity contribution in [3.63, 3.8) is 0 Å². The number of imidazole rings is 1. The van der Waals surface area contributed by atoms with Crippen LogP contribution in [0.2, 0.25) is 0 Å². The molecule has 4 aromatic rings. The molecule has 2 N–H and O–H groups in total. The average molecular weight is 387 g/mol. The van der Waals surface area contributed by atoms with Crippen LogP contribution in [0.15, 0.2) is 36.4 Å². The monoisotopic (exact) mass is 387 g/mol.